The number of aromatic nitrogens is 2. The first-order valence-corrected chi connectivity index (χ1v) is 24.2. The summed E-state index contributed by atoms with van der Waals surface area (Å²) in [6, 6.07) is 66.4. The zero-order valence-corrected chi connectivity index (χ0v) is 43.4. The molecule has 11 rings (SSSR count). The molecule has 1 aliphatic rings. The molecule has 0 bridgehead atoms. The van der Waals surface area contributed by atoms with Gasteiger partial charge < -0.3 is 9.30 Å². The summed E-state index contributed by atoms with van der Waals surface area (Å²) in [6.07, 6.45) is 1.88. The molecule has 0 saturated heterocycles. The minimum Gasteiger partial charge on any atom is -0.509 e. The topological polar surface area (TPSA) is 33.1 Å². The summed E-state index contributed by atoms with van der Waals surface area (Å²) in [6.45, 7) is 15.4. The summed E-state index contributed by atoms with van der Waals surface area (Å²) < 4.78 is 43.4. The van der Waals surface area contributed by atoms with E-state index in [2.05, 4.69) is 156 Å². The summed E-state index contributed by atoms with van der Waals surface area (Å²) in [5.74, 6) is 1.04. The fraction of sp³-hybridized carbons (Fsp3) is 0.156. The summed E-state index contributed by atoms with van der Waals surface area (Å²) in [5, 5.41) is 2.13. The standard InChI is InChI=1S/C64H52F2N4O.Pt/c1-40(2)43-28-44(41(3)4)30-46(29-43)54-19-15-20-55(47-31-49(65)36-50(66)32-47)63(54)69-39-68(59-22-13-14-23-60(59)69)51-33-45(42-16-9-8-10-17-42)34-53(37-51)71-52-24-25-57-56-18-11-12-21-58(56)70(61(57)38-52)62-35-48(26-27-67-62)64(5,6)7;/h8-36,40-41H,1-7H3;/q;+2. The molecule has 1 aliphatic heterocycles. The van der Waals surface area contributed by atoms with Crippen LogP contribution in [0.15, 0.2) is 176 Å². The Morgan fingerprint density at radius 2 is 1.21 bits per heavy atom. The smallest absolute Gasteiger partial charge is 0.509 e. The normalized spacial score (nSPS) is 12.3. The third-order valence-corrected chi connectivity index (χ3v) is 13.4. The van der Waals surface area contributed by atoms with E-state index in [4.69, 9.17) is 9.72 Å². The van der Waals surface area contributed by atoms with Crippen molar-refractivity contribution >= 4 is 50.6 Å². The summed E-state index contributed by atoms with van der Waals surface area (Å²) in [5.41, 5.74) is 13.4. The van der Waals surface area contributed by atoms with E-state index in [1.165, 1.54) is 28.8 Å². The van der Waals surface area contributed by atoms with Crippen LogP contribution in [0, 0.1) is 23.8 Å². The number of halogens is 2. The Hall–Kier alpha value is -7.56. The maximum atomic E-state index is 15.2. The van der Waals surface area contributed by atoms with Gasteiger partial charge in [0.05, 0.1) is 11.1 Å². The number of para-hydroxylation sites is 4. The van der Waals surface area contributed by atoms with Crippen LogP contribution in [0.3, 0.4) is 0 Å². The zero-order chi connectivity index (χ0) is 49.1. The van der Waals surface area contributed by atoms with E-state index in [1.54, 1.807) is 0 Å². The second kappa shape index (κ2) is 19.2. The van der Waals surface area contributed by atoms with Gasteiger partial charge in [0.15, 0.2) is 0 Å². The van der Waals surface area contributed by atoms with Gasteiger partial charge in [-0.15, -0.1) is 29.1 Å². The first kappa shape index (κ1) is 48.1. The van der Waals surface area contributed by atoms with Gasteiger partial charge in [0.1, 0.15) is 23.1 Å². The Morgan fingerprint density at radius 3 is 1.89 bits per heavy atom. The van der Waals surface area contributed by atoms with Crippen LogP contribution in [0.5, 0.6) is 11.5 Å². The van der Waals surface area contributed by atoms with Crippen molar-refractivity contribution in [2.75, 3.05) is 0 Å². The zero-order valence-electron chi connectivity index (χ0n) is 41.2. The van der Waals surface area contributed by atoms with Crippen molar-refractivity contribution < 1.29 is 34.6 Å². The molecule has 0 aliphatic carbocycles. The molecule has 0 amide bonds. The maximum Gasteiger partial charge on any atom is 2.00 e. The van der Waals surface area contributed by atoms with Gasteiger partial charge in [0.25, 0.3) is 11.4 Å². The van der Waals surface area contributed by atoms with E-state index in [0.717, 1.165) is 73.0 Å². The van der Waals surface area contributed by atoms with Gasteiger partial charge in [-0.25, -0.2) is 13.8 Å². The monoisotopic (exact) mass is 1130 g/mol. The molecule has 2 aromatic heterocycles. The van der Waals surface area contributed by atoms with Gasteiger partial charge in [0, 0.05) is 41.4 Å². The Kier molecular flexibility index (Phi) is 12.8. The number of hydrogen-bond acceptors (Lipinski definition) is 2. The second-order valence-electron chi connectivity index (χ2n) is 20.0. The molecule has 8 aromatic carbocycles. The predicted molar refractivity (Wildman–Crippen MR) is 287 cm³/mol. The fourth-order valence-corrected chi connectivity index (χ4v) is 9.66. The van der Waals surface area contributed by atoms with E-state index in [0.29, 0.717) is 28.3 Å². The van der Waals surface area contributed by atoms with Crippen molar-refractivity contribution in [2.24, 2.45) is 0 Å². The Labute approximate surface area is 434 Å². The van der Waals surface area contributed by atoms with Crippen molar-refractivity contribution in [2.45, 2.75) is 65.7 Å². The number of ether oxygens (including phenoxy) is 1. The van der Waals surface area contributed by atoms with Crippen LogP contribution in [0.25, 0.3) is 61.0 Å². The van der Waals surface area contributed by atoms with Gasteiger partial charge in [0.2, 0.25) is 5.69 Å². The molecular weight excluding hydrogens is 1070 g/mol. The molecule has 0 saturated carbocycles. The third-order valence-electron chi connectivity index (χ3n) is 13.4. The van der Waals surface area contributed by atoms with Gasteiger partial charge >= 0.3 is 27.1 Å². The first-order chi connectivity index (χ1) is 34.3. The van der Waals surface area contributed by atoms with Crippen LogP contribution in [0.4, 0.5) is 31.5 Å². The number of nitrogens with zero attached hydrogens (tertiary/aromatic N) is 4. The number of fused-ring (bicyclic) bond motifs is 4. The fourth-order valence-electron chi connectivity index (χ4n) is 9.66. The largest absolute Gasteiger partial charge is 2.00 e. The predicted octanol–water partition coefficient (Wildman–Crippen LogP) is 17.2. The maximum absolute atomic E-state index is 15.2. The molecule has 0 fully saturated rings. The van der Waals surface area contributed by atoms with Crippen LogP contribution in [-0.4, -0.2) is 15.6 Å². The van der Waals surface area contributed by atoms with Gasteiger partial charge in [-0.2, -0.15) is 6.07 Å². The molecule has 0 unspecified atom stereocenters. The molecular formula is C64H52F2N4OPt+2. The van der Waals surface area contributed by atoms with E-state index in [9.17, 15) is 0 Å². The average Bonchev–Trinajstić information content (AvgIpc) is 3.91. The number of pyridine rings is 1. The molecule has 8 heteroatoms. The minimum absolute atomic E-state index is 0. The Bertz CT molecular complexity index is 3760. The molecule has 5 nitrogen and oxygen atoms in total. The van der Waals surface area contributed by atoms with Gasteiger partial charge in [-0.05, 0) is 103 Å². The third kappa shape index (κ3) is 9.04. The van der Waals surface area contributed by atoms with Crippen LogP contribution in [0.1, 0.15) is 77.0 Å². The van der Waals surface area contributed by atoms with Crippen LogP contribution < -0.4 is 13.9 Å². The quantitative estimate of drug-likeness (QED) is 0.101. The summed E-state index contributed by atoms with van der Waals surface area (Å²) in [7, 11) is 0. The van der Waals surface area contributed by atoms with Crippen LogP contribution >= 0.6 is 0 Å². The van der Waals surface area contributed by atoms with E-state index in [-0.39, 0.29) is 38.3 Å². The molecule has 10 aromatic rings. The average molecular weight is 1130 g/mol. The van der Waals surface area contributed by atoms with Gasteiger partial charge in [-0.1, -0.05) is 156 Å². The molecule has 0 spiro atoms. The van der Waals surface area contributed by atoms with Crippen LogP contribution in [0.2, 0.25) is 0 Å². The number of benzene rings is 8. The van der Waals surface area contributed by atoms with Crippen molar-refractivity contribution in [1.82, 2.24) is 18.7 Å². The number of rotatable bonds is 10. The first-order valence-electron chi connectivity index (χ1n) is 24.2. The van der Waals surface area contributed by atoms with E-state index >= 15 is 8.78 Å². The molecule has 0 atom stereocenters. The Balaban J connectivity index is 0.00000596. The van der Waals surface area contributed by atoms with Crippen molar-refractivity contribution in [3.05, 3.63) is 217 Å². The SMILES string of the molecule is CC(C)c1cc(-c2cccc(-c3cc(F)cc(F)c3)c2[N+]2=C=[N+](c3[c-]c(Oc4[c-]c5c(cc4)c4ccccc4n5-c4cc(C(C)(C)C)ccn4)cc(-c4ccccc4)c3)c3ccccc32)cc(C(C)C)c1.[Pt+2]. The van der Waals surface area contributed by atoms with Crippen molar-refractivity contribution in [3.63, 3.8) is 0 Å². The van der Waals surface area contributed by atoms with E-state index in [1.807, 2.05) is 82.1 Å². The molecule has 0 radical (unpaired) electrons. The molecule has 3 heterocycles. The van der Waals surface area contributed by atoms with Crippen molar-refractivity contribution in [1.29, 1.82) is 0 Å². The molecule has 72 heavy (non-hydrogen) atoms. The summed E-state index contributed by atoms with van der Waals surface area (Å²) in [4.78, 5) is 4.88. The van der Waals surface area contributed by atoms with Crippen LogP contribution in [-0.2, 0) is 26.5 Å². The van der Waals surface area contributed by atoms with Gasteiger partial charge in [-0.3, -0.25) is 0 Å². The minimum atomic E-state index is -0.652. The summed E-state index contributed by atoms with van der Waals surface area (Å²) >= 11 is 0. The molecule has 0 N–H and O–H groups in total. The molecule has 356 valence electrons. The Morgan fingerprint density at radius 1 is 0.569 bits per heavy atom. The second-order valence-corrected chi connectivity index (χ2v) is 20.0. The number of hydrogen-bond donors (Lipinski definition) is 0. The van der Waals surface area contributed by atoms with Crippen molar-refractivity contribution in [3.8, 4) is 50.7 Å². The van der Waals surface area contributed by atoms with E-state index < -0.39 is 11.6 Å².